The van der Waals surface area contributed by atoms with Crippen LogP contribution >= 0.6 is 11.8 Å². The van der Waals surface area contributed by atoms with Crippen LogP contribution in [0.25, 0.3) is 0 Å². The van der Waals surface area contributed by atoms with Gasteiger partial charge in [-0.25, -0.2) is 0 Å². The van der Waals surface area contributed by atoms with Crippen LogP contribution in [0.2, 0.25) is 0 Å². The molecule has 3 N–H and O–H groups in total. The first-order chi connectivity index (χ1) is 9.70. The summed E-state index contributed by atoms with van der Waals surface area (Å²) in [4.78, 5) is 11.8. The van der Waals surface area contributed by atoms with Crippen LogP contribution in [0.5, 0.6) is 11.5 Å². The summed E-state index contributed by atoms with van der Waals surface area (Å²) in [6, 6.07) is 4.06. The Labute approximate surface area is 123 Å². The van der Waals surface area contributed by atoms with E-state index in [9.17, 15) is 4.79 Å². The maximum absolute atomic E-state index is 10.7. The summed E-state index contributed by atoms with van der Waals surface area (Å²) < 4.78 is 11.2. The van der Waals surface area contributed by atoms with Crippen LogP contribution in [-0.2, 0) is 11.3 Å². The number of hydrogen-bond acceptors (Lipinski definition) is 5. The van der Waals surface area contributed by atoms with E-state index >= 15 is 0 Å². The Hall–Kier alpha value is -1.40. The standard InChI is InChI=1S/C14H20N2O3S/c1-20-13-8-12-11(18-5-6-19-12)7-10(13)9-16-4-2-3-14(15)17/h7-8,16H,2-6,9H2,1H3,(H2,15,17). The van der Waals surface area contributed by atoms with Gasteiger partial charge in [-0.3, -0.25) is 4.79 Å². The lowest BCUT2D eigenvalue weighted by Crippen LogP contribution is -2.19. The molecule has 0 fully saturated rings. The van der Waals surface area contributed by atoms with Gasteiger partial charge in [0.1, 0.15) is 13.2 Å². The fourth-order valence-corrected chi connectivity index (χ4v) is 2.67. The Morgan fingerprint density at radius 3 is 2.70 bits per heavy atom. The van der Waals surface area contributed by atoms with Gasteiger partial charge in [0.2, 0.25) is 5.91 Å². The van der Waals surface area contributed by atoms with Crippen molar-refractivity contribution >= 4 is 17.7 Å². The Balaban J connectivity index is 1.94. The summed E-state index contributed by atoms with van der Waals surface area (Å²) in [5, 5.41) is 3.32. The van der Waals surface area contributed by atoms with Crippen molar-refractivity contribution in [2.75, 3.05) is 26.0 Å². The summed E-state index contributed by atoms with van der Waals surface area (Å²) in [5.41, 5.74) is 6.29. The third-order valence-electron chi connectivity index (χ3n) is 3.04. The molecule has 0 atom stereocenters. The summed E-state index contributed by atoms with van der Waals surface area (Å²) in [7, 11) is 0. The zero-order valence-corrected chi connectivity index (χ0v) is 12.4. The van der Waals surface area contributed by atoms with Crippen molar-refractivity contribution in [1.29, 1.82) is 0 Å². The first-order valence-electron chi connectivity index (χ1n) is 6.66. The highest BCUT2D eigenvalue weighted by molar-refractivity contribution is 7.98. The number of hydrogen-bond donors (Lipinski definition) is 2. The van der Waals surface area contributed by atoms with Gasteiger partial charge in [-0.1, -0.05) is 0 Å². The topological polar surface area (TPSA) is 73.6 Å². The van der Waals surface area contributed by atoms with E-state index in [0.717, 1.165) is 31.0 Å². The van der Waals surface area contributed by atoms with E-state index in [1.807, 2.05) is 18.4 Å². The molecular formula is C14H20N2O3S. The number of thioether (sulfide) groups is 1. The van der Waals surface area contributed by atoms with E-state index in [2.05, 4.69) is 5.32 Å². The summed E-state index contributed by atoms with van der Waals surface area (Å²) in [6.07, 6.45) is 3.22. The van der Waals surface area contributed by atoms with Gasteiger partial charge in [0.15, 0.2) is 11.5 Å². The average molecular weight is 296 g/mol. The number of carbonyl (C=O) groups excluding carboxylic acids is 1. The zero-order valence-electron chi connectivity index (χ0n) is 11.6. The molecular weight excluding hydrogens is 276 g/mol. The average Bonchev–Trinajstić information content (AvgIpc) is 2.45. The Kier molecular flexibility index (Phi) is 5.55. The monoisotopic (exact) mass is 296 g/mol. The molecule has 20 heavy (non-hydrogen) atoms. The van der Waals surface area contributed by atoms with E-state index in [1.165, 1.54) is 10.5 Å². The van der Waals surface area contributed by atoms with Crippen molar-refractivity contribution in [2.45, 2.75) is 24.3 Å². The highest BCUT2D eigenvalue weighted by Crippen LogP contribution is 2.36. The SMILES string of the molecule is CSc1cc2c(cc1CNCCCC(N)=O)OCCO2. The Morgan fingerprint density at radius 2 is 2.05 bits per heavy atom. The van der Waals surface area contributed by atoms with Crippen molar-refractivity contribution in [3.8, 4) is 11.5 Å². The molecule has 0 aromatic heterocycles. The fourth-order valence-electron chi connectivity index (χ4n) is 2.05. The first kappa shape index (κ1) is 15.0. The second-order valence-electron chi connectivity index (χ2n) is 4.55. The predicted molar refractivity (Wildman–Crippen MR) is 79.3 cm³/mol. The van der Waals surface area contributed by atoms with Gasteiger partial charge >= 0.3 is 0 Å². The second-order valence-corrected chi connectivity index (χ2v) is 5.40. The number of amides is 1. The molecule has 0 saturated carbocycles. The van der Waals surface area contributed by atoms with Crippen molar-refractivity contribution in [3.63, 3.8) is 0 Å². The van der Waals surface area contributed by atoms with E-state index < -0.39 is 0 Å². The molecule has 1 heterocycles. The molecule has 0 bridgehead atoms. The van der Waals surface area contributed by atoms with Gasteiger partial charge in [-0.15, -0.1) is 11.8 Å². The van der Waals surface area contributed by atoms with Crippen molar-refractivity contribution < 1.29 is 14.3 Å². The molecule has 2 rings (SSSR count). The Morgan fingerprint density at radius 1 is 1.35 bits per heavy atom. The zero-order chi connectivity index (χ0) is 14.4. The first-order valence-corrected chi connectivity index (χ1v) is 7.88. The summed E-state index contributed by atoms with van der Waals surface area (Å²) >= 11 is 1.69. The summed E-state index contributed by atoms with van der Waals surface area (Å²) in [6.45, 7) is 2.71. The van der Waals surface area contributed by atoms with Gasteiger partial charge in [-0.2, -0.15) is 0 Å². The van der Waals surface area contributed by atoms with Crippen molar-refractivity contribution in [2.24, 2.45) is 5.73 Å². The molecule has 1 aliphatic heterocycles. The minimum absolute atomic E-state index is 0.254. The molecule has 1 aliphatic rings. The molecule has 0 aliphatic carbocycles. The number of nitrogens with one attached hydrogen (secondary N) is 1. The minimum Gasteiger partial charge on any atom is -0.486 e. The minimum atomic E-state index is -0.254. The van der Waals surface area contributed by atoms with E-state index in [0.29, 0.717) is 19.6 Å². The van der Waals surface area contributed by atoms with Crippen molar-refractivity contribution in [1.82, 2.24) is 5.32 Å². The Bertz CT molecular complexity index is 480. The third-order valence-corrected chi connectivity index (χ3v) is 3.86. The van der Waals surface area contributed by atoms with Crippen LogP contribution in [0.15, 0.2) is 17.0 Å². The van der Waals surface area contributed by atoms with Gasteiger partial charge in [0.05, 0.1) is 0 Å². The normalized spacial score (nSPS) is 13.2. The van der Waals surface area contributed by atoms with Gasteiger partial charge in [-0.05, 0) is 36.9 Å². The third kappa shape index (κ3) is 4.05. The van der Waals surface area contributed by atoms with Gasteiger partial charge < -0.3 is 20.5 Å². The number of ether oxygens (including phenoxy) is 2. The summed E-state index contributed by atoms with van der Waals surface area (Å²) in [5.74, 6) is 1.37. The van der Waals surface area contributed by atoms with Gasteiger partial charge in [0.25, 0.3) is 0 Å². The van der Waals surface area contributed by atoms with Crippen LogP contribution in [0.3, 0.4) is 0 Å². The molecule has 5 nitrogen and oxygen atoms in total. The molecule has 1 amide bonds. The second kappa shape index (κ2) is 7.40. The van der Waals surface area contributed by atoms with Crippen LogP contribution in [-0.4, -0.2) is 31.9 Å². The maximum atomic E-state index is 10.7. The molecule has 0 unspecified atom stereocenters. The quantitative estimate of drug-likeness (QED) is 0.590. The van der Waals surface area contributed by atoms with E-state index in [4.69, 9.17) is 15.2 Å². The smallest absolute Gasteiger partial charge is 0.217 e. The molecule has 1 aromatic carbocycles. The number of benzene rings is 1. The van der Waals surface area contributed by atoms with Crippen molar-refractivity contribution in [3.05, 3.63) is 17.7 Å². The van der Waals surface area contributed by atoms with Gasteiger partial charge in [0, 0.05) is 17.9 Å². The van der Waals surface area contributed by atoms with E-state index in [-0.39, 0.29) is 5.91 Å². The van der Waals surface area contributed by atoms with Crippen LogP contribution in [0.1, 0.15) is 18.4 Å². The lowest BCUT2D eigenvalue weighted by atomic mass is 10.2. The highest BCUT2D eigenvalue weighted by Gasteiger charge is 2.15. The molecule has 110 valence electrons. The molecule has 6 heteroatoms. The lowest BCUT2D eigenvalue weighted by Gasteiger charge is -2.21. The highest BCUT2D eigenvalue weighted by atomic mass is 32.2. The molecule has 0 radical (unpaired) electrons. The molecule has 1 aromatic rings. The van der Waals surface area contributed by atoms with Crippen LogP contribution < -0.4 is 20.5 Å². The molecule has 0 saturated heterocycles. The predicted octanol–water partition coefficient (Wildman–Crippen LogP) is 1.53. The van der Waals surface area contributed by atoms with Crippen LogP contribution in [0.4, 0.5) is 0 Å². The number of carbonyl (C=O) groups is 1. The number of primary amides is 1. The van der Waals surface area contributed by atoms with Crippen LogP contribution in [0, 0.1) is 0 Å². The maximum Gasteiger partial charge on any atom is 0.217 e. The lowest BCUT2D eigenvalue weighted by molar-refractivity contribution is -0.118. The fraction of sp³-hybridized carbons (Fsp3) is 0.500. The molecule has 0 spiro atoms. The largest absolute Gasteiger partial charge is 0.486 e. The number of fused-ring (bicyclic) bond motifs is 1. The number of rotatable bonds is 7. The van der Waals surface area contributed by atoms with E-state index in [1.54, 1.807) is 11.8 Å². The number of nitrogens with two attached hydrogens (primary N) is 1.